The van der Waals surface area contributed by atoms with Crippen LogP contribution >= 0.6 is 0 Å². The highest BCUT2D eigenvalue weighted by atomic mass is 16.2. The number of anilines is 1. The summed E-state index contributed by atoms with van der Waals surface area (Å²) in [5.41, 5.74) is 3.11. The first-order chi connectivity index (χ1) is 11.7. The smallest absolute Gasteiger partial charge is 0.225 e. The molecule has 4 heteroatoms. The average Bonchev–Trinajstić information content (AvgIpc) is 2.60. The van der Waals surface area contributed by atoms with E-state index in [2.05, 4.69) is 22.8 Å². The third kappa shape index (κ3) is 5.80. The molecule has 0 fully saturated rings. The first kappa shape index (κ1) is 18.2. The Morgan fingerprint density at radius 3 is 2.50 bits per heavy atom. The zero-order valence-corrected chi connectivity index (χ0v) is 14.2. The molecule has 0 aliphatic heterocycles. The van der Waals surface area contributed by atoms with E-state index in [0.29, 0.717) is 13.0 Å². The molecule has 2 aromatic rings. The number of hydrogen-bond acceptors (Lipinski definition) is 3. The van der Waals surface area contributed by atoms with Gasteiger partial charge >= 0.3 is 0 Å². The largest absolute Gasteiger partial charge is 0.396 e. The van der Waals surface area contributed by atoms with E-state index in [9.17, 15) is 4.79 Å². The van der Waals surface area contributed by atoms with Crippen LogP contribution in [0.4, 0.5) is 5.69 Å². The van der Waals surface area contributed by atoms with E-state index in [0.717, 1.165) is 24.1 Å². The number of benzene rings is 2. The lowest BCUT2D eigenvalue weighted by molar-refractivity contribution is -0.116. The standard InChI is InChI=1S/C20H26N2O2/c1-16-8-5-6-11-18(16)22-20(24)13-14-21-19(12-7-15-23)17-9-3-2-4-10-17/h2-6,8-11,19,21,23H,7,12-15H2,1H3,(H,22,24). The molecule has 0 aliphatic rings. The van der Waals surface area contributed by atoms with E-state index >= 15 is 0 Å². The van der Waals surface area contributed by atoms with Gasteiger partial charge < -0.3 is 15.7 Å². The fourth-order valence-corrected chi connectivity index (χ4v) is 2.65. The van der Waals surface area contributed by atoms with Gasteiger partial charge in [-0.2, -0.15) is 0 Å². The summed E-state index contributed by atoms with van der Waals surface area (Å²) in [5.74, 6) is 0.00534. The molecule has 0 aliphatic carbocycles. The molecule has 0 spiro atoms. The zero-order valence-electron chi connectivity index (χ0n) is 14.2. The SMILES string of the molecule is Cc1ccccc1NC(=O)CCNC(CCCO)c1ccccc1. The van der Waals surface area contributed by atoms with Crippen molar-refractivity contribution in [3.63, 3.8) is 0 Å². The number of para-hydroxylation sites is 1. The Morgan fingerprint density at radius 2 is 1.79 bits per heavy atom. The van der Waals surface area contributed by atoms with E-state index in [4.69, 9.17) is 5.11 Å². The van der Waals surface area contributed by atoms with E-state index in [-0.39, 0.29) is 18.6 Å². The van der Waals surface area contributed by atoms with Crippen LogP contribution in [0.1, 0.15) is 36.4 Å². The van der Waals surface area contributed by atoms with Crippen molar-refractivity contribution in [2.24, 2.45) is 0 Å². The number of nitrogens with one attached hydrogen (secondary N) is 2. The van der Waals surface area contributed by atoms with E-state index < -0.39 is 0 Å². The van der Waals surface area contributed by atoms with Gasteiger partial charge in [0.1, 0.15) is 0 Å². The van der Waals surface area contributed by atoms with Gasteiger partial charge in [-0.3, -0.25) is 4.79 Å². The molecule has 0 aromatic heterocycles. The maximum atomic E-state index is 12.1. The fourth-order valence-electron chi connectivity index (χ4n) is 2.65. The molecule has 0 heterocycles. The van der Waals surface area contributed by atoms with Crippen molar-refractivity contribution in [2.45, 2.75) is 32.2 Å². The summed E-state index contributed by atoms with van der Waals surface area (Å²) in [4.78, 5) is 12.1. The number of aliphatic hydroxyl groups excluding tert-OH is 1. The Morgan fingerprint density at radius 1 is 1.08 bits per heavy atom. The second-order valence-corrected chi connectivity index (χ2v) is 5.90. The van der Waals surface area contributed by atoms with Gasteiger partial charge in [0.15, 0.2) is 0 Å². The summed E-state index contributed by atoms with van der Waals surface area (Å²) >= 11 is 0. The minimum absolute atomic E-state index is 0.00534. The highest BCUT2D eigenvalue weighted by Crippen LogP contribution is 2.18. The Hall–Kier alpha value is -2.17. The summed E-state index contributed by atoms with van der Waals surface area (Å²) < 4.78 is 0. The summed E-state index contributed by atoms with van der Waals surface area (Å²) in [5, 5.41) is 15.5. The molecule has 0 radical (unpaired) electrons. The van der Waals surface area contributed by atoms with Crippen molar-refractivity contribution in [1.82, 2.24) is 5.32 Å². The second kappa shape index (κ2) is 9.85. The van der Waals surface area contributed by atoms with Gasteiger partial charge in [0.05, 0.1) is 0 Å². The Labute approximate surface area is 143 Å². The molecule has 1 atom stereocenters. The number of carbonyl (C=O) groups is 1. The molecule has 2 rings (SSSR count). The minimum atomic E-state index is 0.00534. The van der Waals surface area contributed by atoms with Gasteiger partial charge in [-0.25, -0.2) is 0 Å². The van der Waals surface area contributed by atoms with Crippen LogP contribution in [-0.2, 0) is 4.79 Å². The highest BCUT2D eigenvalue weighted by Gasteiger charge is 2.11. The Bertz CT molecular complexity index is 629. The first-order valence-electron chi connectivity index (χ1n) is 8.45. The van der Waals surface area contributed by atoms with Crippen molar-refractivity contribution in [1.29, 1.82) is 0 Å². The molecule has 1 amide bonds. The summed E-state index contributed by atoms with van der Waals surface area (Å²) in [6.45, 7) is 2.76. The van der Waals surface area contributed by atoms with Crippen molar-refractivity contribution < 1.29 is 9.90 Å². The van der Waals surface area contributed by atoms with Crippen LogP contribution in [0, 0.1) is 6.92 Å². The average molecular weight is 326 g/mol. The van der Waals surface area contributed by atoms with Crippen LogP contribution in [-0.4, -0.2) is 24.2 Å². The van der Waals surface area contributed by atoms with Crippen LogP contribution in [0.15, 0.2) is 54.6 Å². The molecule has 2 aromatic carbocycles. The lowest BCUT2D eigenvalue weighted by atomic mass is 10.0. The molecule has 4 nitrogen and oxygen atoms in total. The van der Waals surface area contributed by atoms with E-state index in [1.54, 1.807) is 0 Å². The predicted molar refractivity (Wildman–Crippen MR) is 97.9 cm³/mol. The van der Waals surface area contributed by atoms with E-state index in [1.807, 2.05) is 49.4 Å². The van der Waals surface area contributed by atoms with Gasteiger partial charge in [-0.05, 0) is 37.0 Å². The zero-order chi connectivity index (χ0) is 17.2. The van der Waals surface area contributed by atoms with Crippen molar-refractivity contribution in [2.75, 3.05) is 18.5 Å². The molecule has 24 heavy (non-hydrogen) atoms. The summed E-state index contributed by atoms with van der Waals surface area (Å²) in [6, 6.07) is 18.1. The number of aliphatic hydroxyl groups is 1. The van der Waals surface area contributed by atoms with Gasteiger partial charge in [0.25, 0.3) is 0 Å². The van der Waals surface area contributed by atoms with Crippen molar-refractivity contribution >= 4 is 11.6 Å². The van der Waals surface area contributed by atoms with Crippen molar-refractivity contribution in [3.8, 4) is 0 Å². The van der Waals surface area contributed by atoms with Crippen molar-refractivity contribution in [3.05, 3.63) is 65.7 Å². The first-order valence-corrected chi connectivity index (χ1v) is 8.45. The van der Waals surface area contributed by atoms with Gasteiger partial charge in [-0.15, -0.1) is 0 Å². The van der Waals surface area contributed by atoms with Gasteiger partial charge in [0, 0.05) is 31.3 Å². The minimum Gasteiger partial charge on any atom is -0.396 e. The van der Waals surface area contributed by atoms with E-state index in [1.165, 1.54) is 5.56 Å². The Balaban J connectivity index is 1.83. The molecule has 0 saturated carbocycles. The van der Waals surface area contributed by atoms with Crippen LogP contribution in [0.5, 0.6) is 0 Å². The van der Waals surface area contributed by atoms with Gasteiger partial charge in [0.2, 0.25) is 5.91 Å². The quantitative estimate of drug-likeness (QED) is 0.661. The Kier molecular flexibility index (Phi) is 7.46. The predicted octanol–water partition coefficient (Wildman–Crippen LogP) is 3.43. The topological polar surface area (TPSA) is 61.4 Å². The molecule has 128 valence electrons. The maximum Gasteiger partial charge on any atom is 0.225 e. The third-order valence-electron chi connectivity index (χ3n) is 4.01. The van der Waals surface area contributed by atoms with Crippen LogP contribution in [0.25, 0.3) is 0 Å². The fraction of sp³-hybridized carbons (Fsp3) is 0.350. The molecule has 0 saturated heterocycles. The number of rotatable bonds is 9. The molecular weight excluding hydrogens is 300 g/mol. The number of amides is 1. The number of carbonyl (C=O) groups excluding carboxylic acids is 1. The lowest BCUT2D eigenvalue weighted by Crippen LogP contribution is -2.26. The number of aryl methyl sites for hydroxylation is 1. The molecule has 1 unspecified atom stereocenters. The normalized spacial score (nSPS) is 11.9. The monoisotopic (exact) mass is 326 g/mol. The molecular formula is C20H26N2O2. The third-order valence-corrected chi connectivity index (χ3v) is 4.01. The second-order valence-electron chi connectivity index (χ2n) is 5.90. The van der Waals surface area contributed by atoms with Gasteiger partial charge in [-0.1, -0.05) is 48.5 Å². The van der Waals surface area contributed by atoms with Crippen LogP contribution < -0.4 is 10.6 Å². The van der Waals surface area contributed by atoms with Crippen LogP contribution in [0.3, 0.4) is 0 Å². The highest BCUT2D eigenvalue weighted by molar-refractivity contribution is 5.91. The summed E-state index contributed by atoms with van der Waals surface area (Å²) in [6.07, 6.45) is 2.00. The molecule has 3 N–H and O–H groups in total. The summed E-state index contributed by atoms with van der Waals surface area (Å²) in [7, 11) is 0. The number of hydrogen-bond donors (Lipinski definition) is 3. The maximum absolute atomic E-state index is 12.1. The lowest BCUT2D eigenvalue weighted by Gasteiger charge is -2.19. The molecule has 0 bridgehead atoms. The van der Waals surface area contributed by atoms with Crippen LogP contribution in [0.2, 0.25) is 0 Å².